The lowest BCUT2D eigenvalue weighted by Crippen LogP contribution is -2.15. The number of nitrogens with zero attached hydrogens (tertiary/aromatic N) is 5. The van der Waals surface area contributed by atoms with E-state index in [4.69, 9.17) is 11.6 Å². The fourth-order valence-corrected chi connectivity index (χ4v) is 8.20. The predicted octanol–water partition coefficient (Wildman–Crippen LogP) is 6.31. The molecule has 1 unspecified atom stereocenters. The topological polar surface area (TPSA) is 135 Å². The Bertz CT molecular complexity index is 2300. The number of aromatic nitrogens is 5. The van der Waals surface area contributed by atoms with Crippen LogP contribution in [0.5, 0.6) is 0 Å². The third kappa shape index (κ3) is 5.28. The number of amides is 1. The highest BCUT2D eigenvalue weighted by Gasteiger charge is 2.25. The van der Waals surface area contributed by atoms with Crippen LogP contribution in [0.25, 0.3) is 33.1 Å². The van der Waals surface area contributed by atoms with E-state index in [1.807, 2.05) is 24.3 Å². The first-order chi connectivity index (χ1) is 21.8. The Balaban J connectivity index is 1.40. The van der Waals surface area contributed by atoms with Gasteiger partial charge in [-0.25, -0.2) is 9.97 Å². The molecule has 1 atom stereocenters. The minimum absolute atomic E-state index is 0.0637. The Labute approximate surface area is 269 Å². The number of nitrogens with one attached hydrogen (secondary N) is 1. The lowest BCUT2D eigenvalue weighted by Gasteiger charge is -2.13. The normalized spacial score (nSPS) is 12.5. The van der Waals surface area contributed by atoms with Crippen molar-refractivity contribution in [3.63, 3.8) is 0 Å². The van der Waals surface area contributed by atoms with Crippen LogP contribution in [0.15, 0.2) is 119 Å². The summed E-state index contributed by atoms with van der Waals surface area (Å²) in [5.74, 6) is -0.307. The number of carbonyl (C=O) groups is 1. The van der Waals surface area contributed by atoms with Gasteiger partial charge in [0.05, 0.1) is 34.4 Å². The Hall–Kier alpha value is -4.53. The molecular weight excluding hydrogens is 652 g/mol. The van der Waals surface area contributed by atoms with E-state index in [-0.39, 0.29) is 22.0 Å². The van der Waals surface area contributed by atoms with E-state index < -0.39 is 27.3 Å². The van der Waals surface area contributed by atoms with E-state index in [1.54, 1.807) is 70.3 Å². The molecule has 0 aliphatic carbocycles. The molecule has 224 valence electrons. The first kappa shape index (κ1) is 29.2. The Morgan fingerprint density at radius 1 is 1.00 bits per heavy atom. The number of pyridine rings is 1. The lowest BCUT2D eigenvalue weighted by molar-refractivity contribution is 0.102. The van der Waals surface area contributed by atoms with Gasteiger partial charge in [0.25, 0.3) is 15.9 Å². The smallest absolute Gasteiger partial charge is 0.283 e. The summed E-state index contributed by atoms with van der Waals surface area (Å²) in [5, 5.41) is 10.4. The van der Waals surface area contributed by atoms with E-state index >= 15 is 0 Å². The predicted molar refractivity (Wildman–Crippen MR) is 175 cm³/mol. The Kier molecular flexibility index (Phi) is 7.63. The van der Waals surface area contributed by atoms with Gasteiger partial charge >= 0.3 is 0 Å². The maximum Gasteiger partial charge on any atom is 0.283 e. The summed E-state index contributed by atoms with van der Waals surface area (Å²) >= 11 is 5.61. The van der Waals surface area contributed by atoms with Gasteiger partial charge in [-0.1, -0.05) is 36.4 Å². The molecule has 4 heterocycles. The van der Waals surface area contributed by atoms with E-state index in [2.05, 4.69) is 20.4 Å². The molecule has 14 heteroatoms. The van der Waals surface area contributed by atoms with Crippen LogP contribution in [0.2, 0.25) is 0 Å². The minimum Gasteiger partial charge on any atom is -0.587 e. The zero-order valence-corrected chi connectivity index (χ0v) is 26.3. The van der Waals surface area contributed by atoms with Crippen LogP contribution in [0.3, 0.4) is 0 Å². The highest BCUT2D eigenvalue weighted by Crippen LogP contribution is 2.36. The zero-order chi connectivity index (χ0) is 31.1. The average Bonchev–Trinajstić information content (AvgIpc) is 3.84. The number of fused-ring (bicyclic) bond motifs is 2. The molecule has 0 spiro atoms. The van der Waals surface area contributed by atoms with Crippen molar-refractivity contribution in [3.05, 3.63) is 120 Å². The van der Waals surface area contributed by atoms with Crippen LogP contribution in [0.1, 0.15) is 15.5 Å². The molecule has 0 fully saturated rings. The minimum atomic E-state index is -4.09. The summed E-state index contributed by atoms with van der Waals surface area (Å²) < 4.78 is 43.4. The zero-order valence-electron chi connectivity index (χ0n) is 23.1. The van der Waals surface area contributed by atoms with Crippen LogP contribution < -0.4 is 5.32 Å². The van der Waals surface area contributed by atoms with Gasteiger partial charge in [-0.05, 0) is 59.7 Å². The van der Waals surface area contributed by atoms with Gasteiger partial charge in [0.15, 0.2) is 10.5 Å². The third-order valence-electron chi connectivity index (χ3n) is 7.06. The fraction of sp³-hybridized carbons (Fsp3) is 0.0323. The number of alkyl halides is 1. The summed E-state index contributed by atoms with van der Waals surface area (Å²) in [7, 11) is -4.09. The molecule has 1 N–H and O–H groups in total. The average molecular weight is 673 g/mol. The van der Waals surface area contributed by atoms with Gasteiger partial charge in [0, 0.05) is 22.3 Å². The monoisotopic (exact) mass is 672 g/mol. The molecule has 4 aromatic heterocycles. The fourth-order valence-electron chi connectivity index (χ4n) is 4.96. The van der Waals surface area contributed by atoms with Gasteiger partial charge in [-0.3, -0.25) is 4.79 Å². The van der Waals surface area contributed by atoms with Gasteiger partial charge in [0.1, 0.15) is 22.1 Å². The Morgan fingerprint density at radius 2 is 1.76 bits per heavy atom. The highest BCUT2D eigenvalue weighted by molar-refractivity contribution is 7.90. The van der Waals surface area contributed by atoms with Crippen molar-refractivity contribution >= 4 is 77.9 Å². The van der Waals surface area contributed by atoms with E-state index in [0.717, 1.165) is 4.09 Å². The largest absolute Gasteiger partial charge is 0.587 e. The molecule has 0 saturated carbocycles. The van der Waals surface area contributed by atoms with Crippen molar-refractivity contribution in [1.82, 2.24) is 23.1 Å². The molecule has 0 bridgehead atoms. The second kappa shape index (κ2) is 11.8. The van der Waals surface area contributed by atoms with Gasteiger partial charge in [0.2, 0.25) is 0 Å². The van der Waals surface area contributed by atoms with Crippen LogP contribution in [-0.2, 0) is 27.3 Å². The molecule has 7 rings (SSSR count). The number of thiazole rings is 1. The van der Waals surface area contributed by atoms with Crippen molar-refractivity contribution in [2.24, 2.45) is 0 Å². The van der Waals surface area contributed by atoms with Crippen LogP contribution in [0, 0.1) is 0 Å². The molecule has 45 heavy (non-hydrogen) atoms. The Morgan fingerprint density at radius 3 is 2.49 bits per heavy atom. The van der Waals surface area contributed by atoms with Crippen LogP contribution in [0.4, 0.5) is 5.69 Å². The number of anilines is 1. The number of benzene rings is 3. The van der Waals surface area contributed by atoms with Gasteiger partial charge in [-0.2, -0.15) is 17.6 Å². The van der Waals surface area contributed by atoms with Crippen LogP contribution >= 0.6 is 22.9 Å². The van der Waals surface area contributed by atoms with Gasteiger partial charge < -0.3 is 9.87 Å². The highest BCUT2D eigenvalue weighted by atomic mass is 35.5. The van der Waals surface area contributed by atoms with Crippen molar-refractivity contribution in [3.8, 4) is 11.1 Å². The molecule has 3 aromatic carbocycles. The van der Waals surface area contributed by atoms with Crippen molar-refractivity contribution in [1.29, 1.82) is 0 Å². The third-order valence-corrected chi connectivity index (χ3v) is 11.3. The summed E-state index contributed by atoms with van der Waals surface area (Å²) in [5.41, 5.74) is 2.51. The lowest BCUT2D eigenvalue weighted by atomic mass is 10.0. The first-order valence-corrected chi connectivity index (χ1v) is 17.4. The van der Waals surface area contributed by atoms with E-state index in [0.29, 0.717) is 43.1 Å². The second-order valence-corrected chi connectivity index (χ2v) is 14.1. The number of rotatable bonds is 8. The number of halogens is 1. The molecule has 1 amide bonds. The van der Waals surface area contributed by atoms with Crippen molar-refractivity contribution < 1.29 is 17.8 Å². The summed E-state index contributed by atoms with van der Waals surface area (Å²) in [6.07, 6.45) is 4.70. The quantitative estimate of drug-likeness (QED) is 0.148. The van der Waals surface area contributed by atoms with Crippen molar-refractivity contribution in [2.75, 3.05) is 5.32 Å². The maximum atomic E-state index is 13.7. The van der Waals surface area contributed by atoms with Gasteiger partial charge in [-0.15, -0.1) is 26.9 Å². The molecular formula is C31H21ClN6O4S3. The van der Waals surface area contributed by atoms with Crippen LogP contribution in [-0.4, -0.2) is 42.0 Å². The van der Waals surface area contributed by atoms with E-state index in [1.165, 1.54) is 29.7 Å². The van der Waals surface area contributed by atoms with E-state index in [9.17, 15) is 17.8 Å². The second-order valence-electron chi connectivity index (χ2n) is 9.78. The summed E-state index contributed by atoms with van der Waals surface area (Å²) in [4.78, 5) is 22.7. The first-order valence-electron chi connectivity index (χ1n) is 13.4. The number of hydrogen-bond donors (Lipinski definition) is 1. The number of carbonyl (C=O) groups excluding carboxylic acids is 1. The van der Waals surface area contributed by atoms with Crippen molar-refractivity contribution in [2.45, 2.75) is 15.7 Å². The standard InChI is InChI=1S/C31H21ClN6O4S3/c32-17-29-35-27(19-43-29)31(39)36-26-15-20(16-28-25(26)18-34-38(28)45(41,42)22-9-5-2-6-10-22)23-11-13-33-30-24(23)12-14-37(30)44(40)21-7-3-1-4-8-21/h1-16,18-19H,17H2,(H,36,39). The summed E-state index contributed by atoms with van der Waals surface area (Å²) in [6.45, 7) is 0. The molecule has 7 aromatic rings. The summed E-state index contributed by atoms with van der Waals surface area (Å²) in [6, 6.07) is 24.1. The number of hydrogen-bond acceptors (Lipinski definition) is 8. The molecule has 0 saturated heterocycles. The SMILES string of the molecule is O=C(Nc1cc(-c2ccnc3c2ccn3[S+]([O-])c2ccccc2)cc2c1cnn2S(=O)(=O)c1ccccc1)c1csc(CCl)n1. The maximum absolute atomic E-state index is 13.7. The molecule has 0 aliphatic rings. The molecule has 0 radical (unpaired) electrons. The molecule has 10 nitrogen and oxygen atoms in total. The molecule has 0 aliphatic heterocycles.